The number of aromatic hydroxyl groups is 1. The minimum atomic E-state index is -4.84. The van der Waals surface area contributed by atoms with Crippen LogP contribution < -0.4 is 5.30 Å². The Labute approximate surface area is 77.9 Å². The molecule has 1 rings (SSSR count). The number of phenolic OH excluding ortho intramolecular Hbond substituents is 1. The van der Waals surface area contributed by atoms with Gasteiger partial charge in [0.2, 0.25) is 0 Å². The Balaban J connectivity index is 3.54. The molecule has 1 aromatic carbocycles. The topological polar surface area (TPSA) is 121 Å². The molecule has 0 aliphatic rings. The highest BCUT2D eigenvalue weighted by Crippen LogP contribution is 2.40. The Morgan fingerprint density at radius 1 is 1.36 bits per heavy atom. The van der Waals surface area contributed by atoms with Crippen molar-refractivity contribution < 1.29 is 24.4 Å². The van der Waals surface area contributed by atoms with Crippen LogP contribution >= 0.6 is 7.60 Å². The number of benzene rings is 1. The number of nitro groups is 1. The summed E-state index contributed by atoms with van der Waals surface area (Å²) >= 11 is 0. The monoisotopic (exact) mass is 219 g/mol. The molecule has 8 heteroatoms. The molecule has 0 aromatic heterocycles. The molecular weight excluding hydrogens is 213 g/mol. The lowest BCUT2D eigenvalue weighted by molar-refractivity contribution is -0.383. The number of phenols is 1. The first-order valence-electron chi connectivity index (χ1n) is 3.36. The summed E-state index contributed by atoms with van der Waals surface area (Å²) in [5, 5.41) is 18.5. The van der Waals surface area contributed by atoms with Gasteiger partial charge in [-0.15, -0.1) is 0 Å². The highest BCUT2D eigenvalue weighted by molar-refractivity contribution is 7.60. The third kappa shape index (κ3) is 1.90. The van der Waals surface area contributed by atoms with E-state index in [2.05, 4.69) is 0 Å². The van der Waals surface area contributed by atoms with Crippen molar-refractivity contribution in [1.29, 1.82) is 0 Å². The molecule has 14 heavy (non-hydrogen) atoms. The lowest BCUT2D eigenvalue weighted by atomic mass is 10.3. The van der Waals surface area contributed by atoms with E-state index in [-0.39, 0.29) is 0 Å². The summed E-state index contributed by atoms with van der Waals surface area (Å²) < 4.78 is 10.8. The summed E-state index contributed by atoms with van der Waals surface area (Å²) in [4.78, 5) is 26.9. The van der Waals surface area contributed by atoms with Crippen molar-refractivity contribution >= 4 is 18.6 Å². The van der Waals surface area contributed by atoms with Crippen molar-refractivity contribution in [1.82, 2.24) is 0 Å². The van der Waals surface area contributed by atoms with E-state index in [1.54, 1.807) is 0 Å². The standard InChI is InChI=1S/C6H6NO6P/c8-5-3-1-2-4(7(9)10)6(5)14(11,12)13/h1-3,8H,(H2,11,12,13). The van der Waals surface area contributed by atoms with Crippen LogP contribution in [0.5, 0.6) is 5.75 Å². The van der Waals surface area contributed by atoms with E-state index in [0.717, 1.165) is 18.2 Å². The van der Waals surface area contributed by atoms with Crippen molar-refractivity contribution in [3.63, 3.8) is 0 Å². The summed E-state index contributed by atoms with van der Waals surface area (Å²) in [6.45, 7) is 0. The maximum Gasteiger partial charge on any atom is 0.366 e. The van der Waals surface area contributed by atoms with Crippen LogP contribution in [0.1, 0.15) is 0 Å². The zero-order valence-corrected chi connectivity index (χ0v) is 7.59. The van der Waals surface area contributed by atoms with Gasteiger partial charge in [0, 0.05) is 6.07 Å². The largest absolute Gasteiger partial charge is 0.507 e. The van der Waals surface area contributed by atoms with Gasteiger partial charge in [-0.05, 0) is 6.07 Å². The van der Waals surface area contributed by atoms with Crippen LogP contribution in [0.2, 0.25) is 0 Å². The summed E-state index contributed by atoms with van der Waals surface area (Å²) in [5.74, 6) is -0.785. The normalized spacial score (nSPS) is 11.3. The fraction of sp³-hybridized carbons (Fsp3) is 0. The van der Waals surface area contributed by atoms with E-state index in [0.29, 0.717) is 0 Å². The Kier molecular flexibility index (Phi) is 2.57. The van der Waals surface area contributed by atoms with Gasteiger partial charge in [0.15, 0.2) is 5.30 Å². The Morgan fingerprint density at radius 3 is 2.29 bits per heavy atom. The maximum absolute atomic E-state index is 10.8. The summed E-state index contributed by atoms with van der Waals surface area (Å²) in [6.07, 6.45) is 0. The highest BCUT2D eigenvalue weighted by Gasteiger charge is 2.31. The van der Waals surface area contributed by atoms with Crippen LogP contribution in [0, 0.1) is 10.1 Å². The van der Waals surface area contributed by atoms with Crippen LogP contribution in [0.25, 0.3) is 0 Å². The van der Waals surface area contributed by atoms with Gasteiger partial charge in [-0.3, -0.25) is 14.7 Å². The quantitative estimate of drug-likeness (QED) is 0.368. The SMILES string of the molecule is O=[N+]([O-])c1cccc(O)c1P(=O)(O)O. The molecule has 0 unspecified atom stereocenters. The second-order valence-electron chi connectivity index (χ2n) is 2.45. The number of nitro benzene ring substituents is 1. The maximum atomic E-state index is 10.8. The Hall–Kier alpha value is -1.43. The Morgan fingerprint density at radius 2 is 1.93 bits per heavy atom. The van der Waals surface area contributed by atoms with Gasteiger partial charge < -0.3 is 14.9 Å². The average molecular weight is 219 g/mol. The van der Waals surface area contributed by atoms with Gasteiger partial charge >= 0.3 is 7.60 Å². The molecule has 0 aliphatic heterocycles. The zero-order chi connectivity index (χ0) is 10.9. The second kappa shape index (κ2) is 3.38. The molecule has 3 N–H and O–H groups in total. The first kappa shape index (κ1) is 10.6. The fourth-order valence-corrected chi connectivity index (χ4v) is 1.79. The second-order valence-corrected chi connectivity index (χ2v) is 3.98. The number of hydrogen-bond acceptors (Lipinski definition) is 4. The molecule has 0 heterocycles. The van der Waals surface area contributed by atoms with E-state index in [1.807, 2.05) is 0 Å². The lowest BCUT2D eigenvalue weighted by Crippen LogP contribution is -2.10. The lowest BCUT2D eigenvalue weighted by Gasteiger charge is -2.06. The molecule has 0 aliphatic carbocycles. The van der Waals surface area contributed by atoms with Gasteiger partial charge in [-0.25, -0.2) is 0 Å². The summed E-state index contributed by atoms with van der Waals surface area (Å²) in [6, 6.07) is 3.02. The van der Waals surface area contributed by atoms with Gasteiger partial charge in [-0.2, -0.15) is 0 Å². The third-order valence-corrected chi connectivity index (χ3v) is 2.52. The van der Waals surface area contributed by atoms with Crippen LogP contribution in [0.15, 0.2) is 18.2 Å². The summed E-state index contributed by atoms with van der Waals surface area (Å²) in [7, 11) is -4.84. The predicted molar refractivity (Wildman–Crippen MR) is 46.4 cm³/mol. The molecule has 0 saturated heterocycles. The molecule has 0 bridgehead atoms. The van der Waals surface area contributed by atoms with E-state index in [9.17, 15) is 14.7 Å². The molecule has 0 atom stereocenters. The van der Waals surface area contributed by atoms with Crippen LogP contribution in [-0.4, -0.2) is 19.8 Å². The molecule has 0 amide bonds. The molecule has 0 saturated carbocycles. The molecule has 76 valence electrons. The molecule has 0 radical (unpaired) electrons. The van der Waals surface area contributed by atoms with Gasteiger partial charge in [0.1, 0.15) is 5.75 Å². The zero-order valence-electron chi connectivity index (χ0n) is 6.69. The fourth-order valence-electron chi connectivity index (χ4n) is 0.965. The molecule has 0 spiro atoms. The first-order chi connectivity index (χ1) is 6.34. The molecule has 1 aromatic rings. The van der Waals surface area contributed by atoms with Crippen molar-refractivity contribution in [2.45, 2.75) is 0 Å². The van der Waals surface area contributed by atoms with Crippen molar-refractivity contribution in [3.8, 4) is 5.75 Å². The summed E-state index contributed by atoms with van der Waals surface area (Å²) in [5.41, 5.74) is -0.793. The van der Waals surface area contributed by atoms with Gasteiger partial charge in [-0.1, -0.05) is 6.07 Å². The predicted octanol–water partition coefficient (Wildman–Crippen LogP) is 0.103. The third-order valence-electron chi connectivity index (χ3n) is 1.48. The Bertz CT molecular complexity index is 424. The number of rotatable bonds is 2. The molecule has 0 fully saturated rings. The molecular formula is C6H6NO6P. The minimum absolute atomic E-state index is 0.785. The van der Waals surface area contributed by atoms with E-state index < -0.39 is 29.3 Å². The van der Waals surface area contributed by atoms with E-state index in [1.165, 1.54) is 0 Å². The van der Waals surface area contributed by atoms with Crippen LogP contribution in [0.3, 0.4) is 0 Å². The minimum Gasteiger partial charge on any atom is -0.507 e. The molecule has 7 nitrogen and oxygen atoms in total. The van der Waals surface area contributed by atoms with Crippen molar-refractivity contribution in [2.75, 3.05) is 0 Å². The highest BCUT2D eigenvalue weighted by atomic mass is 31.2. The van der Waals surface area contributed by atoms with Crippen LogP contribution in [0.4, 0.5) is 5.69 Å². The van der Waals surface area contributed by atoms with Gasteiger partial charge in [0.25, 0.3) is 5.69 Å². The average Bonchev–Trinajstić information content (AvgIpc) is 2.01. The van der Waals surface area contributed by atoms with E-state index in [4.69, 9.17) is 14.9 Å². The number of nitrogens with zero attached hydrogens (tertiary/aromatic N) is 1. The van der Waals surface area contributed by atoms with E-state index >= 15 is 0 Å². The van der Waals surface area contributed by atoms with Crippen molar-refractivity contribution in [2.24, 2.45) is 0 Å². The van der Waals surface area contributed by atoms with Crippen molar-refractivity contribution in [3.05, 3.63) is 28.3 Å². The first-order valence-corrected chi connectivity index (χ1v) is 4.97. The smallest absolute Gasteiger partial charge is 0.366 e. The number of hydrogen-bond donors (Lipinski definition) is 3. The van der Waals surface area contributed by atoms with Gasteiger partial charge in [0.05, 0.1) is 4.92 Å². The van der Waals surface area contributed by atoms with Crippen LogP contribution in [-0.2, 0) is 4.57 Å².